The Balaban J connectivity index is 1.70. The fourth-order valence-electron chi connectivity index (χ4n) is 2.47. The summed E-state index contributed by atoms with van der Waals surface area (Å²) in [6.45, 7) is 1.24. The van der Waals surface area contributed by atoms with Gasteiger partial charge in [-0.3, -0.25) is 0 Å². The smallest absolute Gasteiger partial charge is 0.322 e. The molecule has 0 aliphatic carbocycles. The maximum absolute atomic E-state index is 12.2. The molecule has 2 aromatic rings. The summed E-state index contributed by atoms with van der Waals surface area (Å²) in [5.74, 6) is -0.461. The standard InChI is InChI=1S/C16H16N2O3/c19-14-6-5-13(9-15(14)20)17-16(21)18-8-7-11-3-1-2-4-12(11)10-18/h1-6,9,19-20H,7-8,10H2,(H,17,21). The molecule has 0 unspecified atom stereocenters. The van der Waals surface area contributed by atoms with Gasteiger partial charge in [-0.1, -0.05) is 24.3 Å². The summed E-state index contributed by atoms with van der Waals surface area (Å²) in [7, 11) is 0. The van der Waals surface area contributed by atoms with E-state index in [2.05, 4.69) is 11.4 Å². The summed E-state index contributed by atoms with van der Waals surface area (Å²) in [5.41, 5.74) is 2.89. The van der Waals surface area contributed by atoms with Gasteiger partial charge in [0.05, 0.1) is 0 Å². The molecule has 1 aliphatic rings. The summed E-state index contributed by atoms with van der Waals surface area (Å²) in [5, 5.41) is 21.4. The van der Waals surface area contributed by atoms with Gasteiger partial charge >= 0.3 is 6.03 Å². The van der Waals surface area contributed by atoms with E-state index in [-0.39, 0.29) is 17.5 Å². The number of anilines is 1. The third-order valence-corrected chi connectivity index (χ3v) is 3.64. The number of hydrogen-bond acceptors (Lipinski definition) is 3. The molecule has 3 rings (SSSR count). The third-order valence-electron chi connectivity index (χ3n) is 3.64. The number of carbonyl (C=O) groups is 1. The summed E-state index contributed by atoms with van der Waals surface area (Å²) in [4.78, 5) is 14.0. The second-order valence-electron chi connectivity index (χ2n) is 5.07. The van der Waals surface area contributed by atoms with Gasteiger partial charge < -0.3 is 20.4 Å². The van der Waals surface area contributed by atoms with Crippen LogP contribution in [0.4, 0.5) is 10.5 Å². The predicted octanol–water partition coefficient (Wildman–Crippen LogP) is 2.69. The van der Waals surface area contributed by atoms with Crippen LogP contribution in [-0.4, -0.2) is 27.7 Å². The fourth-order valence-corrected chi connectivity index (χ4v) is 2.47. The molecule has 0 saturated heterocycles. The summed E-state index contributed by atoms with van der Waals surface area (Å²) in [6, 6.07) is 12.1. The minimum absolute atomic E-state index is 0.208. The lowest BCUT2D eigenvalue weighted by molar-refractivity contribution is 0.206. The largest absolute Gasteiger partial charge is 0.504 e. The van der Waals surface area contributed by atoms with Gasteiger partial charge in [0, 0.05) is 24.8 Å². The van der Waals surface area contributed by atoms with Crippen LogP contribution in [0.1, 0.15) is 11.1 Å². The molecule has 5 nitrogen and oxygen atoms in total. The molecule has 2 aromatic carbocycles. The first-order valence-electron chi connectivity index (χ1n) is 6.78. The van der Waals surface area contributed by atoms with Crippen molar-refractivity contribution in [3.63, 3.8) is 0 Å². The van der Waals surface area contributed by atoms with Gasteiger partial charge in [-0.2, -0.15) is 0 Å². The van der Waals surface area contributed by atoms with E-state index in [1.165, 1.54) is 17.7 Å². The van der Waals surface area contributed by atoms with Crippen molar-refractivity contribution in [2.45, 2.75) is 13.0 Å². The average molecular weight is 284 g/mol. The number of hydrogen-bond donors (Lipinski definition) is 3. The first kappa shape index (κ1) is 13.3. The zero-order valence-electron chi connectivity index (χ0n) is 11.4. The monoisotopic (exact) mass is 284 g/mol. The molecule has 108 valence electrons. The lowest BCUT2D eigenvalue weighted by Crippen LogP contribution is -2.38. The summed E-state index contributed by atoms with van der Waals surface area (Å²) >= 11 is 0. The van der Waals surface area contributed by atoms with Gasteiger partial charge in [-0.05, 0) is 29.7 Å². The van der Waals surface area contributed by atoms with E-state index >= 15 is 0 Å². The van der Waals surface area contributed by atoms with Gasteiger partial charge in [0.25, 0.3) is 0 Å². The Morgan fingerprint density at radius 3 is 2.57 bits per heavy atom. The normalized spacial score (nSPS) is 13.6. The minimum Gasteiger partial charge on any atom is -0.504 e. The Morgan fingerprint density at radius 2 is 1.81 bits per heavy atom. The molecule has 0 bridgehead atoms. The lowest BCUT2D eigenvalue weighted by Gasteiger charge is -2.29. The topological polar surface area (TPSA) is 72.8 Å². The van der Waals surface area contributed by atoms with Crippen LogP contribution in [0.15, 0.2) is 42.5 Å². The van der Waals surface area contributed by atoms with Crippen LogP contribution in [0.5, 0.6) is 11.5 Å². The highest BCUT2D eigenvalue weighted by atomic mass is 16.3. The molecular formula is C16H16N2O3. The van der Waals surface area contributed by atoms with Crippen LogP contribution < -0.4 is 5.32 Å². The van der Waals surface area contributed by atoms with Crippen molar-refractivity contribution in [3.8, 4) is 11.5 Å². The van der Waals surface area contributed by atoms with E-state index in [1.807, 2.05) is 18.2 Å². The number of carbonyl (C=O) groups excluding carboxylic acids is 1. The van der Waals surface area contributed by atoms with Crippen LogP contribution in [0, 0.1) is 0 Å². The highest BCUT2D eigenvalue weighted by Crippen LogP contribution is 2.27. The number of nitrogens with zero attached hydrogens (tertiary/aromatic N) is 1. The number of fused-ring (bicyclic) bond motifs is 1. The van der Waals surface area contributed by atoms with E-state index in [4.69, 9.17) is 0 Å². The molecule has 0 radical (unpaired) electrons. The van der Waals surface area contributed by atoms with Crippen molar-refractivity contribution >= 4 is 11.7 Å². The maximum atomic E-state index is 12.2. The molecule has 0 fully saturated rings. The van der Waals surface area contributed by atoms with Crippen LogP contribution in [0.2, 0.25) is 0 Å². The van der Waals surface area contributed by atoms with Crippen LogP contribution >= 0.6 is 0 Å². The molecule has 0 saturated carbocycles. The van der Waals surface area contributed by atoms with Gasteiger partial charge in [-0.15, -0.1) is 0 Å². The number of phenols is 2. The minimum atomic E-state index is -0.253. The Morgan fingerprint density at radius 1 is 1.05 bits per heavy atom. The van der Waals surface area contributed by atoms with Crippen LogP contribution in [-0.2, 0) is 13.0 Å². The van der Waals surface area contributed by atoms with Crippen molar-refractivity contribution in [2.24, 2.45) is 0 Å². The number of benzene rings is 2. The van der Waals surface area contributed by atoms with E-state index < -0.39 is 0 Å². The Kier molecular flexibility index (Phi) is 3.39. The van der Waals surface area contributed by atoms with Crippen LogP contribution in [0.3, 0.4) is 0 Å². The van der Waals surface area contributed by atoms with Gasteiger partial charge in [-0.25, -0.2) is 4.79 Å². The van der Waals surface area contributed by atoms with Gasteiger partial charge in [0.2, 0.25) is 0 Å². The highest BCUT2D eigenvalue weighted by molar-refractivity contribution is 5.89. The van der Waals surface area contributed by atoms with Crippen molar-refractivity contribution in [1.29, 1.82) is 0 Å². The summed E-state index contributed by atoms with van der Waals surface area (Å²) in [6.07, 6.45) is 0.838. The fraction of sp³-hybridized carbons (Fsp3) is 0.188. The van der Waals surface area contributed by atoms with Crippen molar-refractivity contribution in [1.82, 2.24) is 4.90 Å². The lowest BCUT2D eigenvalue weighted by atomic mass is 10.0. The number of phenolic OH excluding ortho intramolecular Hbond substituents is 2. The molecule has 21 heavy (non-hydrogen) atoms. The number of nitrogens with one attached hydrogen (secondary N) is 1. The average Bonchev–Trinajstić information content (AvgIpc) is 2.50. The van der Waals surface area contributed by atoms with Crippen molar-refractivity contribution < 1.29 is 15.0 Å². The molecule has 5 heteroatoms. The Labute approximate surface area is 122 Å². The zero-order chi connectivity index (χ0) is 14.8. The SMILES string of the molecule is O=C(Nc1ccc(O)c(O)c1)N1CCc2ccccc2C1. The molecule has 0 aromatic heterocycles. The number of amides is 2. The second kappa shape index (κ2) is 5.36. The van der Waals surface area contributed by atoms with E-state index in [1.54, 1.807) is 11.0 Å². The quantitative estimate of drug-likeness (QED) is 0.557. The molecule has 0 spiro atoms. The maximum Gasteiger partial charge on any atom is 0.322 e. The Hall–Kier alpha value is -2.69. The van der Waals surface area contributed by atoms with Crippen molar-refractivity contribution in [3.05, 3.63) is 53.6 Å². The van der Waals surface area contributed by atoms with E-state index in [0.717, 1.165) is 12.0 Å². The number of rotatable bonds is 1. The first-order valence-corrected chi connectivity index (χ1v) is 6.78. The van der Waals surface area contributed by atoms with E-state index in [9.17, 15) is 15.0 Å². The highest BCUT2D eigenvalue weighted by Gasteiger charge is 2.20. The molecule has 2 amide bonds. The van der Waals surface area contributed by atoms with Gasteiger partial charge in [0.1, 0.15) is 0 Å². The van der Waals surface area contributed by atoms with Crippen LogP contribution in [0.25, 0.3) is 0 Å². The van der Waals surface area contributed by atoms with Crippen molar-refractivity contribution in [2.75, 3.05) is 11.9 Å². The second-order valence-corrected chi connectivity index (χ2v) is 5.07. The molecule has 1 heterocycles. The summed E-state index contributed by atoms with van der Waals surface area (Å²) < 4.78 is 0. The molecule has 3 N–H and O–H groups in total. The Bertz CT molecular complexity index is 685. The third kappa shape index (κ3) is 2.76. The van der Waals surface area contributed by atoms with E-state index in [0.29, 0.717) is 18.8 Å². The molecule has 0 atom stereocenters. The zero-order valence-corrected chi connectivity index (χ0v) is 11.4. The van der Waals surface area contributed by atoms with Gasteiger partial charge in [0.15, 0.2) is 11.5 Å². The molecular weight excluding hydrogens is 268 g/mol. The number of urea groups is 1. The first-order chi connectivity index (χ1) is 10.1. The number of aromatic hydroxyl groups is 2. The predicted molar refractivity (Wildman–Crippen MR) is 79.3 cm³/mol. The molecule has 1 aliphatic heterocycles.